The molecule has 4 rings (SSSR count). The first-order valence-corrected chi connectivity index (χ1v) is 9.39. The van der Waals surface area contributed by atoms with E-state index >= 15 is 0 Å². The van der Waals surface area contributed by atoms with Crippen LogP contribution in [0.25, 0.3) is 10.9 Å². The average molecular weight is 388 g/mol. The van der Waals surface area contributed by atoms with Gasteiger partial charge in [0, 0.05) is 35.1 Å². The van der Waals surface area contributed by atoms with E-state index in [4.69, 9.17) is 4.74 Å². The molecule has 4 nitrogen and oxygen atoms in total. The molecule has 0 aliphatic rings. The molecule has 29 heavy (non-hydrogen) atoms. The summed E-state index contributed by atoms with van der Waals surface area (Å²) in [5.41, 5.74) is 3.64. The lowest BCUT2D eigenvalue weighted by molar-refractivity contribution is 0.0952. The van der Waals surface area contributed by atoms with Crippen LogP contribution in [-0.4, -0.2) is 24.5 Å². The number of benzene rings is 3. The molecule has 1 heterocycles. The van der Waals surface area contributed by atoms with Crippen LogP contribution in [0.2, 0.25) is 0 Å². The highest BCUT2D eigenvalue weighted by atomic mass is 19.1. The van der Waals surface area contributed by atoms with E-state index in [1.54, 1.807) is 7.11 Å². The zero-order valence-corrected chi connectivity index (χ0v) is 16.0. The number of aromatic amines is 1. The van der Waals surface area contributed by atoms with Crippen LogP contribution in [0, 0.1) is 5.82 Å². The number of aromatic nitrogens is 1. The maximum absolute atomic E-state index is 13.1. The van der Waals surface area contributed by atoms with Crippen molar-refractivity contribution in [2.45, 2.75) is 5.92 Å². The number of halogens is 1. The van der Waals surface area contributed by atoms with Crippen LogP contribution in [0.15, 0.2) is 79.0 Å². The maximum Gasteiger partial charge on any atom is 0.251 e. The van der Waals surface area contributed by atoms with Gasteiger partial charge in [0.05, 0.1) is 7.11 Å². The monoisotopic (exact) mass is 388 g/mol. The van der Waals surface area contributed by atoms with Gasteiger partial charge in [-0.05, 0) is 53.6 Å². The summed E-state index contributed by atoms with van der Waals surface area (Å²) in [5.74, 6) is 0.128. The molecule has 0 saturated carbocycles. The van der Waals surface area contributed by atoms with E-state index in [-0.39, 0.29) is 17.6 Å². The fourth-order valence-corrected chi connectivity index (χ4v) is 3.52. The first kappa shape index (κ1) is 18.7. The molecule has 0 aliphatic heterocycles. The molecule has 4 aromatic rings. The summed E-state index contributed by atoms with van der Waals surface area (Å²) in [7, 11) is 1.63. The van der Waals surface area contributed by atoms with Crippen LogP contribution < -0.4 is 10.1 Å². The summed E-state index contributed by atoms with van der Waals surface area (Å²) in [5, 5.41) is 4.11. The second-order valence-corrected chi connectivity index (χ2v) is 6.83. The zero-order valence-electron chi connectivity index (χ0n) is 16.0. The summed E-state index contributed by atoms with van der Waals surface area (Å²) in [4.78, 5) is 15.9. The number of carbonyl (C=O) groups is 1. The second-order valence-electron chi connectivity index (χ2n) is 6.83. The Morgan fingerprint density at radius 2 is 1.76 bits per heavy atom. The lowest BCUT2D eigenvalue weighted by atomic mass is 9.90. The van der Waals surface area contributed by atoms with Crippen molar-refractivity contribution in [1.29, 1.82) is 0 Å². The average Bonchev–Trinajstić information content (AvgIpc) is 3.19. The number of rotatable bonds is 6. The third-order valence-electron chi connectivity index (χ3n) is 5.09. The van der Waals surface area contributed by atoms with Crippen LogP contribution >= 0.6 is 0 Å². The molecule has 0 radical (unpaired) electrons. The molecule has 146 valence electrons. The molecule has 1 atom stereocenters. The van der Waals surface area contributed by atoms with Crippen LogP contribution in [-0.2, 0) is 0 Å². The van der Waals surface area contributed by atoms with Crippen molar-refractivity contribution in [3.05, 3.63) is 102 Å². The number of hydrogen-bond acceptors (Lipinski definition) is 2. The van der Waals surface area contributed by atoms with Crippen molar-refractivity contribution >= 4 is 16.8 Å². The number of methoxy groups -OCH3 is 1. The number of hydrogen-bond donors (Lipinski definition) is 2. The van der Waals surface area contributed by atoms with Gasteiger partial charge in [0.1, 0.15) is 11.6 Å². The highest BCUT2D eigenvalue weighted by Gasteiger charge is 2.19. The van der Waals surface area contributed by atoms with Crippen LogP contribution in [0.1, 0.15) is 27.4 Å². The van der Waals surface area contributed by atoms with Crippen molar-refractivity contribution in [2.75, 3.05) is 13.7 Å². The van der Waals surface area contributed by atoms with Gasteiger partial charge in [-0.15, -0.1) is 0 Å². The fourth-order valence-electron chi connectivity index (χ4n) is 3.52. The summed E-state index contributed by atoms with van der Waals surface area (Å²) in [6.45, 7) is 0.407. The topological polar surface area (TPSA) is 54.1 Å². The predicted octanol–water partition coefficient (Wildman–Crippen LogP) is 4.88. The third kappa shape index (κ3) is 3.99. The highest BCUT2D eigenvalue weighted by Crippen LogP contribution is 2.31. The molecule has 1 unspecified atom stereocenters. The number of para-hydroxylation sites is 1. The standard InChI is InChI=1S/C24H21FN2O2/c1-29-19-12-8-16(9-13-19)21(22-15-26-23-5-3-2-4-20(22)23)14-27-24(28)17-6-10-18(25)11-7-17/h2-13,15,21,26H,14H2,1H3,(H,27,28). The first-order chi connectivity index (χ1) is 14.2. The van der Waals surface area contributed by atoms with Gasteiger partial charge in [-0.3, -0.25) is 4.79 Å². The van der Waals surface area contributed by atoms with Crippen molar-refractivity contribution in [2.24, 2.45) is 0 Å². The molecule has 5 heteroatoms. The van der Waals surface area contributed by atoms with E-state index in [0.29, 0.717) is 12.1 Å². The van der Waals surface area contributed by atoms with Gasteiger partial charge in [-0.25, -0.2) is 4.39 Å². The number of amides is 1. The van der Waals surface area contributed by atoms with Gasteiger partial charge in [-0.2, -0.15) is 0 Å². The van der Waals surface area contributed by atoms with Crippen molar-refractivity contribution < 1.29 is 13.9 Å². The van der Waals surface area contributed by atoms with Gasteiger partial charge in [0.25, 0.3) is 5.91 Å². The number of ether oxygens (including phenoxy) is 1. The minimum Gasteiger partial charge on any atom is -0.497 e. The normalized spacial score (nSPS) is 11.9. The van der Waals surface area contributed by atoms with Crippen molar-refractivity contribution in [3.63, 3.8) is 0 Å². The van der Waals surface area contributed by atoms with Gasteiger partial charge in [0.15, 0.2) is 0 Å². The smallest absolute Gasteiger partial charge is 0.251 e. The Morgan fingerprint density at radius 1 is 1.03 bits per heavy atom. The Bertz CT molecular complexity index is 1120. The maximum atomic E-state index is 13.1. The second kappa shape index (κ2) is 8.19. The molecular weight excluding hydrogens is 367 g/mol. The lowest BCUT2D eigenvalue weighted by Gasteiger charge is -2.19. The SMILES string of the molecule is COc1ccc(C(CNC(=O)c2ccc(F)cc2)c2c[nH]c3ccccc23)cc1. The van der Waals surface area contributed by atoms with E-state index in [9.17, 15) is 9.18 Å². The summed E-state index contributed by atoms with van der Waals surface area (Å²) in [6, 6.07) is 21.5. The largest absolute Gasteiger partial charge is 0.497 e. The molecule has 1 amide bonds. The van der Waals surface area contributed by atoms with E-state index in [0.717, 1.165) is 27.8 Å². The fraction of sp³-hybridized carbons (Fsp3) is 0.125. The number of carbonyl (C=O) groups excluding carboxylic acids is 1. The van der Waals surface area contributed by atoms with Crippen molar-refractivity contribution in [3.8, 4) is 5.75 Å². The third-order valence-corrected chi connectivity index (χ3v) is 5.09. The molecule has 0 bridgehead atoms. The van der Waals surface area contributed by atoms with E-state index in [1.807, 2.05) is 48.7 Å². The Morgan fingerprint density at radius 3 is 2.48 bits per heavy atom. The molecule has 2 N–H and O–H groups in total. The van der Waals surface area contributed by atoms with Crippen LogP contribution in [0.4, 0.5) is 4.39 Å². The predicted molar refractivity (Wildman–Crippen MR) is 112 cm³/mol. The minimum atomic E-state index is -0.364. The number of fused-ring (bicyclic) bond motifs is 1. The molecule has 0 saturated heterocycles. The Labute approximate surface area is 168 Å². The first-order valence-electron chi connectivity index (χ1n) is 9.39. The number of nitrogens with one attached hydrogen (secondary N) is 2. The summed E-state index contributed by atoms with van der Waals surface area (Å²) in [6.07, 6.45) is 1.99. The number of H-pyrrole nitrogens is 1. The molecule has 1 aromatic heterocycles. The highest BCUT2D eigenvalue weighted by molar-refractivity contribution is 5.94. The zero-order chi connectivity index (χ0) is 20.2. The molecule has 0 fully saturated rings. The van der Waals surface area contributed by atoms with Crippen LogP contribution in [0.3, 0.4) is 0 Å². The quantitative estimate of drug-likeness (QED) is 0.495. The Hall–Kier alpha value is -3.60. The molecule has 3 aromatic carbocycles. The molecular formula is C24H21FN2O2. The lowest BCUT2D eigenvalue weighted by Crippen LogP contribution is -2.28. The Balaban J connectivity index is 1.64. The molecule has 0 spiro atoms. The van der Waals surface area contributed by atoms with Gasteiger partial charge < -0.3 is 15.0 Å². The molecule has 0 aliphatic carbocycles. The van der Waals surface area contributed by atoms with Crippen molar-refractivity contribution in [1.82, 2.24) is 10.3 Å². The van der Waals surface area contributed by atoms with E-state index in [1.165, 1.54) is 24.3 Å². The Kier molecular flexibility index (Phi) is 5.29. The minimum absolute atomic E-state index is 0.0542. The van der Waals surface area contributed by atoms with Gasteiger partial charge in [-0.1, -0.05) is 30.3 Å². The van der Waals surface area contributed by atoms with E-state index < -0.39 is 0 Å². The van der Waals surface area contributed by atoms with E-state index in [2.05, 4.69) is 16.4 Å². The van der Waals surface area contributed by atoms with Crippen LogP contribution in [0.5, 0.6) is 5.75 Å². The van der Waals surface area contributed by atoms with Gasteiger partial charge in [0.2, 0.25) is 0 Å². The summed E-state index contributed by atoms with van der Waals surface area (Å²) >= 11 is 0. The summed E-state index contributed by atoms with van der Waals surface area (Å²) < 4.78 is 18.4. The van der Waals surface area contributed by atoms with Gasteiger partial charge >= 0.3 is 0 Å².